The van der Waals surface area contributed by atoms with Gasteiger partial charge in [-0.1, -0.05) is 29.4 Å². The zero-order chi connectivity index (χ0) is 13.8. The number of benzene rings is 1. The summed E-state index contributed by atoms with van der Waals surface area (Å²) in [5, 5.41) is 11.8. The van der Waals surface area contributed by atoms with Crippen LogP contribution in [0.3, 0.4) is 0 Å². The van der Waals surface area contributed by atoms with Crippen molar-refractivity contribution in [3.05, 3.63) is 35.4 Å². The van der Waals surface area contributed by atoms with Crippen LogP contribution in [0.5, 0.6) is 0 Å². The van der Waals surface area contributed by atoms with Gasteiger partial charge in [0, 0.05) is 6.54 Å². The predicted molar refractivity (Wildman–Crippen MR) is 74.3 cm³/mol. The summed E-state index contributed by atoms with van der Waals surface area (Å²) >= 11 is 0. The topological polar surface area (TPSA) is 71.1 Å². The lowest BCUT2D eigenvalue weighted by Crippen LogP contribution is -2.43. The highest BCUT2D eigenvalue weighted by atomic mass is 16.5. The zero-order valence-electron chi connectivity index (χ0n) is 11.4. The Bertz CT molecular complexity index is 462. The van der Waals surface area contributed by atoms with Crippen LogP contribution in [-0.2, 0) is 11.2 Å². The van der Waals surface area contributed by atoms with E-state index in [0.29, 0.717) is 6.54 Å². The molecule has 1 aromatic rings. The van der Waals surface area contributed by atoms with E-state index in [1.54, 1.807) is 0 Å². The van der Waals surface area contributed by atoms with Crippen molar-refractivity contribution in [2.45, 2.75) is 25.5 Å². The molecular weight excluding hydrogens is 242 g/mol. The molecule has 1 aliphatic heterocycles. The van der Waals surface area contributed by atoms with E-state index in [2.05, 4.69) is 23.4 Å². The Morgan fingerprint density at radius 3 is 3.05 bits per heavy atom. The molecule has 0 saturated carbocycles. The van der Waals surface area contributed by atoms with Crippen molar-refractivity contribution in [1.82, 2.24) is 4.90 Å². The molecule has 1 aliphatic rings. The monoisotopic (exact) mass is 263 g/mol. The van der Waals surface area contributed by atoms with Gasteiger partial charge in [-0.2, -0.15) is 0 Å². The van der Waals surface area contributed by atoms with Crippen molar-refractivity contribution >= 4 is 5.84 Å². The molecule has 0 bridgehead atoms. The fraction of sp³-hybridized carbons (Fsp3) is 0.500. The van der Waals surface area contributed by atoms with Crippen molar-refractivity contribution in [3.8, 4) is 0 Å². The van der Waals surface area contributed by atoms with Crippen LogP contribution >= 0.6 is 0 Å². The first-order chi connectivity index (χ1) is 9.13. The number of amidine groups is 1. The molecule has 19 heavy (non-hydrogen) atoms. The molecule has 0 radical (unpaired) electrons. The average molecular weight is 263 g/mol. The van der Waals surface area contributed by atoms with E-state index in [9.17, 15) is 0 Å². The van der Waals surface area contributed by atoms with Crippen molar-refractivity contribution in [2.24, 2.45) is 10.9 Å². The summed E-state index contributed by atoms with van der Waals surface area (Å²) in [7, 11) is 1.95. The van der Waals surface area contributed by atoms with Crippen molar-refractivity contribution in [2.75, 3.05) is 20.2 Å². The number of ether oxygens (including phenoxy) is 1. The molecule has 1 aromatic carbocycles. The summed E-state index contributed by atoms with van der Waals surface area (Å²) in [5.74, 6) is 0.214. The maximum Gasteiger partial charge on any atom is 0.156 e. The van der Waals surface area contributed by atoms with Gasteiger partial charge in [0.15, 0.2) is 5.84 Å². The van der Waals surface area contributed by atoms with Gasteiger partial charge in [-0.25, -0.2) is 0 Å². The molecule has 0 aliphatic carbocycles. The number of nitrogens with two attached hydrogens (primary N) is 1. The summed E-state index contributed by atoms with van der Waals surface area (Å²) in [4.78, 5) is 2.03. The SMILES string of the molecule is CC(C(N)=NO)N(C)CC1OCCc2ccccc21. The summed E-state index contributed by atoms with van der Waals surface area (Å²) in [6.45, 7) is 3.37. The Labute approximate surface area is 113 Å². The van der Waals surface area contributed by atoms with Crippen LogP contribution in [0.25, 0.3) is 0 Å². The quantitative estimate of drug-likeness (QED) is 0.372. The number of nitrogens with zero attached hydrogens (tertiary/aromatic N) is 2. The highest BCUT2D eigenvalue weighted by Crippen LogP contribution is 2.27. The second-order valence-electron chi connectivity index (χ2n) is 4.95. The third kappa shape index (κ3) is 3.05. The van der Waals surface area contributed by atoms with Gasteiger partial charge in [0.05, 0.1) is 18.8 Å². The van der Waals surface area contributed by atoms with Crippen LogP contribution in [0.15, 0.2) is 29.4 Å². The lowest BCUT2D eigenvalue weighted by atomic mass is 9.97. The molecular formula is C14H21N3O2. The van der Waals surface area contributed by atoms with Gasteiger partial charge in [0.1, 0.15) is 0 Å². The first kappa shape index (κ1) is 13.8. The third-order valence-electron chi connectivity index (χ3n) is 3.75. The van der Waals surface area contributed by atoms with Crippen molar-refractivity contribution in [1.29, 1.82) is 0 Å². The van der Waals surface area contributed by atoms with Gasteiger partial charge >= 0.3 is 0 Å². The molecule has 5 heteroatoms. The first-order valence-electron chi connectivity index (χ1n) is 6.50. The zero-order valence-corrected chi connectivity index (χ0v) is 11.4. The van der Waals surface area contributed by atoms with Crippen molar-refractivity contribution < 1.29 is 9.94 Å². The van der Waals surface area contributed by atoms with Crippen molar-refractivity contribution in [3.63, 3.8) is 0 Å². The van der Waals surface area contributed by atoms with Gasteiger partial charge in [-0.15, -0.1) is 0 Å². The van der Waals surface area contributed by atoms with Gasteiger partial charge < -0.3 is 15.7 Å². The van der Waals surface area contributed by atoms with Crippen LogP contribution in [0.2, 0.25) is 0 Å². The van der Waals surface area contributed by atoms with E-state index in [1.165, 1.54) is 11.1 Å². The Kier molecular flexibility index (Phi) is 4.39. The number of hydrogen-bond acceptors (Lipinski definition) is 4. The van der Waals surface area contributed by atoms with Crippen LogP contribution in [0, 0.1) is 0 Å². The minimum absolute atomic E-state index is 0.0453. The standard InChI is InChI=1S/C14H21N3O2/c1-10(14(15)16-18)17(2)9-13-12-6-4-3-5-11(12)7-8-19-13/h3-6,10,13,18H,7-9H2,1-2H3,(H2,15,16). The lowest BCUT2D eigenvalue weighted by Gasteiger charge is -2.32. The summed E-state index contributed by atoms with van der Waals surface area (Å²) in [5.41, 5.74) is 8.23. The molecule has 0 amide bonds. The molecule has 104 valence electrons. The van der Waals surface area contributed by atoms with Crippen LogP contribution in [0.4, 0.5) is 0 Å². The number of oxime groups is 1. The van der Waals surface area contributed by atoms with Crippen LogP contribution in [0.1, 0.15) is 24.2 Å². The van der Waals surface area contributed by atoms with Gasteiger partial charge in [-0.3, -0.25) is 4.90 Å². The minimum Gasteiger partial charge on any atom is -0.409 e. The number of likely N-dealkylation sites (N-methyl/N-ethyl adjacent to an activating group) is 1. The molecule has 0 fully saturated rings. The lowest BCUT2D eigenvalue weighted by molar-refractivity contribution is 0.0185. The van der Waals surface area contributed by atoms with E-state index in [4.69, 9.17) is 15.7 Å². The molecule has 2 rings (SSSR count). The highest BCUT2D eigenvalue weighted by molar-refractivity contribution is 5.84. The molecule has 3 N–H and O–H groups in total. The minimum atomic E-state index is -0.123. The highest BCUT2D eigenvalue weighted by Gasteiger charge is 2.24. The fourth-order valence-electron chi connectivity index (χ4n) is 2.36. The smallest absolute Gasteiger partial charge is 0.156 e. The molecule has 2 atom stereocenters. The van der Waals surface area contributed by atoms with E-state index in [0.717, 1.165) is 13.0 Å². The van der Waals surface area contributed by atoms with Gasteiger partial charge in [-0.05, 0) is 31.5 Å². The second kappa shape index (κ2) is 6.04. The number of fused-ring (bicyclic) bond motifs is 1. The fourth-order valence-corrected chi connectivity index (χ4v) is 2.36. The van der Waals surface area contributed by atoms with Gasteiger partial charge in [0.25, 0.3) is 0 Å². The van der Waals surface area contributed by atoms with E-state index < -0.39 is 0 Å². The first-order valence-corrected chi connectivity index (χ1v) is 6.50. The summed E-state index contributed by atoms with van der Waals surface area (Å²) in [6, 6.07) is 8.24. The van der Waals surface area contributed by atoms with Gasteiger partial charge in [0.2, 0.25) is 0 Å². The average Bonchev–Trinajstić information content (AvgIpc) is 2.46. The largest absolute Gasteiger partial charge is 0.409 e. The van der Waals surface area contributed by atoms with Crippen LogP contribution < -0.4 is 5.73 Å². The molecule has 0 spiro atoms. The maximum atomic E-state index is 8.72. The Morgan fingerprint density at radius 2 is 2.32 bits per heavy atom. The molecule has 5 nitrogen and oxygen atoms in total. The van der Waals surface area contributed by atoms with E-state index in [1.807, 2.05) is 24.9 Å². The Hall–Kier alpha value is -1.59. The molecule has 0 saturated heterocycles. The Morgan fingerprint density at radius 1 is 1.58 bits per heavy atom. The van der Waals surface area contributed by atoms with E-state index >= 15 is 0 Å². The Balaban J connectivity index is 2.08. The van der Waals surface area contributed by atoms with E-state index in [-0.39, 0.29) is 18.0 Å². The second-order valence-corrected chi connectivity index (χ2v) is 4.95. The molecule has 0 aromatic heterocycles. The third-order valence-corrected chi connectivity index (χ3v) is 3.75. The molecule has 1 heterocycles. The van der Waals surface area contributed by atoms with Crippen LogP contribution in [-0.4, -0.2) is 42.2 Å². The normalized spacial score (nSPS) is 21.2. The number of rotatable bonds is 4. The molecule has 2 unspecified atom stereocenters. The number of hydrogen-bond donors (Lipinski definition) is 2. The predicted octanol–water partition coefficient (Wildman–Crippen LogP) is 1.37. The maximum absolute atomic E-state index is 8.72. The summed E-state index contributed by atoms with van der Waals surface area (Å²) < 4.78 is 5.85. The summed E-state index contributed by atoms with van der Waals surface area (Å²) in [6.07, 6.45) is 1.01.